The van der Waals surface area contributed by atoms with Crippen molar-refractivity contribution < 1.29 is 0 Å². The highest BCUT2D eigenvalue weighted by molar-refractivity contribution is 6.20. The van der Waals surface area contributed by atoms with Crippen molar-refractivity contribution in [2.45, 2.75) is 0 Å². The summed E-state index contributed by atoms with van der Waals surface area (Å²) in [6, 6.07) is 36.4. The zero-order valence-corrected chi connectivity index (χ0v) is 15.8. The normalized spacial score (nSPS) is 11.4. The van der Waals surface area contributed by atoms with Gasteiger partial charge in [0.1, 0.15) is 0 Å². The van der Waals surface area contributed by atoms with Crippen LogP contribution in [0.2, 0.25) is 0 Å². The molecule has 0 fully saturated rings. The van der Waals surface area contributed by atoms with E-state index in [1.54, 1.807) is 0 Å². The van der Waals surface area contributed by atoms with Crippen LogP contribution in [-0.2, 0) is 0 Å². The first-order valence-electron chi connectivity index (χ1n) is 9.83. The summed E-state index contributed by atoms with van der Waals surface area (Å²) in [5, 5.41) is 3.62. The van der Waals surface area contributed by atoms with Gasteiger partial charge >= 0.3 is 0 Å². The van der Waals surface area contributed by atoms with Gasteiger partial charge in [-0.15, -0.1) is 0 Å². The average Bonchev–Trinajstić information content (AvgIpc) is 3.15. The van der Waals surface area contributed by atoms with Crippen LogP contribution in [0.1, 0.15) is 0 Å². The zero-order chi connectivity index (χ0) is 19.2. The molecule has 0 N–H and O–H groups in total. The quantitative estimate of drug-likeness (QED) is 0.321. The molecule has 0 saturated carbocycles. The maximum Gasteiger partial charge on any atom is 0.0802 e. The highest BCUT2D eigenvalue weighted by atomic mass is 15.0. The lowest BCUT2D eigenvalue weighted by atomic mass is 10.1. The minimum atomic E-state index is 1.06. The van der Waals surface area contributed by atoms with E-state index in [4.69, 9.17) is 4.98 Å². The maximum absolute atomic E-state index is 4.71. The number of nitrogens with zero attached hydrogens (tertiary/aromatic N) is 2. The van der Waals surface area contributed by atoms with Gasteiger partial charge in [0.2, 0.25) is 0 Å². The molecule has 29 heavy (non-hydrogen) atoms. The van der Waals surface area contributed by atoms with Gasteiger partial charge < -0.3 is 4.57 Å². The molecule has 2 heteroatoms. The summed E-state index contributed by atoms with van der Waals surface area (Å²) in [6.07, 6.45) is 1.88. The van der Waals surface area contributed by atoms with Gasteiger partial charge in [-0.2, -0.15) is 0 Å². The Kier molecular flexibility index (Phi) is 3.50. The van der Waals surface area contributed by atoms with Gasteiger partial charge in [-0.1, -0.05) is 72.8 Å². The summed E-state index contributed by atoms with van der Waals surface area (Å²) in [7, 11) is 0. The lowest BCUT2D eigenvalue weighted by Gasteiger charge is -2.09. The Labute approximate surface area is 168 Å². The predicted molar refractivity (Wildman–Crippen MR) is 122 cm³/mol. The molecule has 0 spiro atoms. The van der Waals surface area contributed by atoms with E-state index in [9.17, 15) is 0 Å². The van der Waals surface area contributed by atoms with E-state index in [0.717, 1.165) is 11.2 Å². The van der Waals surface area contributed by atoms with E-state index in [1.807, 2.05) is 18.3 Å². The monoisotopic (exact) mass is 370 g/mol. The first-order valence-corrected chi connectivity index (χ1v) is 9.83. The molecule has 2 heterocycles. The molecule has 0 aliphatic heterocycles. The largest absolute Gasteiger partial charge is 0.309 e. The predicted octanol–water partition coefficient (Wildman–Crippen LogP) is 7.00. The molecular formula is C27H18N2. The molecule has 2 aromatic heterocycles. The van der Waals surface area contributed by atoms with Gasteiger partial charge in [0.15, 0.2) is 0 Å². The highest BCUT2D eigenvalue weighted by Crippen LogP contribution is 2.36. The van der Waals surface area contributed by atoms with Crippen LogP contribution in [0, 0.1) is 0 Å². The Hall–Kier alpha value is -3.91. The number of para-hydroxylation sites is 1. The van der Waals surface area contributed by atoms with Crippen molar-refractivity contribution >= 4 is 32.7 Å². The summed E-state index contributed by atoms with van der Waals surface area (Å²) in [4.78, 5) is 4.71. The fourth-order valence-electron chi connectivity index (χ4n) is 4.31. The molecule has 0 amide bonds. The molecule has 0 aliphatic carbocycles. The van der Waals surface area contributed by atoms with Crippen molar-refractivity contribution in [3.8, 4) is 16.8 Å². The van der Waals surface area contributed by atoms with Crippen LogP contribution >= 0.6 is 0 Å². The average molecular weight is 370 g/mol. The molecule has 0 radical (unpaired) electrons. The van der Waals surface area contributed by atoms with Crippen LogP contribution in [0.4, 0.5) is 0 Å². The second-order valence-corrected chi connectivity index (χ2v) is 7.30. The molecule has 0 unspecified atom stereocenters. The lowest BCUT2D eigenvalue weighted by Crippen LogP contribution is -1.93. The topological polar surface area (TPSA) is 17.8 Å². The zero-order valence-electron chi connectivity index (χ0n) is 15.8. The Balaban J connectivity index is 1.64. The summed E-state index contributed by atoms with van der Waals surface area (Å²) in [6.45, 7) is 0. The van der Waals surface area contributed by atoms with E-state index in [0.29, 0.717) is 0 Å². The number of benzene rings is 4. The molecule has 0 atom stereocenters. The molecule has 0 bridgehead atoms. The van der Waals surface area contributed by atoms with Gasteiger partial charge in [-0.25, -0.2) is 0 Å². The fraction of sp³-hybridized carbons (Fsp3) is 0. The van der Waals surface area contributed by atoms with E-state index >= 15 is 0 Å². The third-order valence-corrected chi connectivity index (χ3v) is 5.64. The van der Waals surface area contributed by atoms with Crippen LogP contribution in [0.15, 0.2) is 109 Å². The van der Waals surface area contributed by atoms with Crippen molar-refractivity contribution in [1.29, 1.82) is 0 Å². The van der Waals surface area contributed by atoms with Crippen molar-refractivity contribution in [3.05, 3.63) is 109 Å². The van der Waals surface area contributed by atoms with E-state index in [2.05, 4.69) is 95.6 Å². The molecule has 6 rings (SSSR count). The molecule has 0 aliphatic rings. The number of rotatable bonds is 2. The molecule has 136 valence electrons. The number of hydrogen-bond donors (Lipinski definition) is 0. The number of hydrogen-bond acceptors (Lipinski definition) is 1. The standard InChI is InChI=1S/C27H18N2/c1-2-7-19(8-3-1)20-12-15-22(16-13-20)29-24-11-5-4-10-23(24)26-25(29)17-14-21-9-6-18-28-27(21)26/h1-18H. The minimum absolute atomic E-state index is 1.06. The summed E-state index contributed by atoms with van der Waals surface area (Å²) < 4.78 is 2.34. The SMILES string of the molecule is c1ccc(-c2ccc(-n3c4ccccc4c4c5ncccc5ccc43)cc2)cc1. The van der Waals surface area contributed by atoms with Gasteiger partial charge in [0.25, 0.3) is 0 Å². The van der Waals surface area contributed by atoms with E-state index in [-0.39, 0.29) is 0 Å². The molecular weight excluding hydrogens is 352 g/mol. The van der Waals surface area contributed by atoms with Gasteiger partial charge in [0, 0.05) is 28.0 Å². The van der Waals surface area contributed by atoms with Crippen molar-refractivity contribution in [2.24, 2.45) is 0 Å². The van der Waals surface area contributed by atoms with Gasteiger partial charge in [-0.05, 0) is 41.5 Å². The van der Waals surface area contributed by atoms with E-state index in [1.165, 1.54) is 38.3 Å². The minimum Gasteiger partial charge on any atom is -0.309 e. The Morgan fingerprint density at radius 3 is 2.17 bits per heavy atom. The molecule has 6 aromatic rings. The second kappa shape index (κ2) is 6.32. The number of aromatic nitrogens is 2. The summed E-state index contributed by atoms with van der Waals surface area (Å²) in [5.41, 5.74) is 7.06. The Bertz CT molecular complexity index is 1480. The molecule has 4 aromatic carbocycles. The van der Waals surface area contributed by atoms with Crippen molar-refractivity contribution in [2.75, 3.05) is 0 Å². The van der Waals surface area contributed by atoms with Crippen LogP contribution < -0.4 is 0 Å². The Morgan fingerprint density at radius 1 is 0.552 bits per heavy atom. The van der Waals surface area contributed by atoms with Crippen molar-refractivity contribution in [3.63, 3.8) is 0 Å². The van der Waals surface area contributed by atoms with Gasteiger partial charge in [-0.3, -0.25) is 4.98 Å². The second-order valence-electron chi connectivity index (χ2n) is 7.30. The fourth-order valence-corrected chi connectivity index (χ4v) is 4.31. The smallest absolute Gasteiger partial charge is 0.0802 e. The summed E-state index contributed by atoms with van der Waals surface area (Å²) >= 11 is 0. The molecule has 0 saturated heterocycles. The Morgan fingerprint density at radius 2 is 1.31 bits per heavy atom. The van der Waals surface area contributed by atoms with Crippen LogP contribution in [0.3, 0.4) is 0 Å². The first-order chi connectivity index (χ1) is 14.4. The van der Waals surface area contributed by atoms with Gasteiger partial charge in [0.05, 0.1) is 16.6 Å². The van der Waals surface area contributed by atoms with Crippen LogP contribution in [-0.4, -0.2) is 9.55 Å². The third-order valence-electron chi connectivity index (χ3n) is 5.64. The van der Waals surface area contributed by atoms with Crippen LogP contribution in [0.25, 0.3) is 49.5 Å². The van der Waals surface area contributed by atoms with Crippen molar-refractivity contribution in [1.82, 2.24) is 9.55 Å². The maximum atomic E-state index is 4.71. The van der Waals surface area contributed by atoms with Crippen LogP contribution in [0.5, 0.6) is 0 Å². The molecule has 2 nitrogen and oxygen atoms in total. The number of fused-ring (bicyclic) bond motifs is 5. The highest BCUT2D eigenvalue weighted by Gasteiger charge is 2.14. The lowest BCUT2D eigenvalue weighted by molar-refractivity contribution is 1.18. The van der Waals surface area contributed by atoms with E-state index < -0.39 is 0 Å². The number of pyridine rings is 1. The summed E-state index contributed by atoms with van der Waals surface area (Å²) in [5.74, 6) is 0. The first kappa shape index (κ1) is 16.1. The third kappa shape index (κ3) is 2.46.